The summed E-state index contributed by atoms with van der Waals surface area (Å²) in [4.78, 5) is 0. The molecule has 96 valence electrons. The average Bonchev–Trinajstić information content (AvgIpc) is 2.89. The zero-order chi connectivity index (χ0) is 12.8. The molecule has 0 aliphatic rings. The molecule has 0 fully saturated rings. The van der Waals surface area contributed by atoms with E-state index < -0.39 is 6.10 Å². The first-order valence-corrected chi connectivity index (χ1v) is 5.85. The highest BCUT2D eigenvalue weighted by atomic mass is 16.5. The molecule has 1 aromatic carbocycles. The number of nitrogens with two attached hydrogens (primary N) is 1. The fourth-order valence-corrected chi connectivity index (χ4v) is 1.63. The molecule has 0 radical (unpaired) electrons. The maximum atomic E-state index is 9.80. The summed E-state index contributed by atoms with van der Waals surface area (Å²) >= 11 is 0. The second-order valence-electron chi connectivity index (χ2n) is 4.04. The second kappa shape index (κ2) is 6.18. The summed E-state index contributed by atoms with van der Waals surface area (Å²) in [6, 6.07) is 9.36. The van der Waals surface area contributed by atoms with Crippen LogP contribution < -0.4 is 10.5 Å². The Kier molecular flexibility index (Phi) is 4.33. The Bertz CT molecular complexity index is 471. The third-order valence-electron chi connectivity index (χ3n) is 2.53. The highest BCUT2D eigenvalue weighted by Crippen LogP contribution is 2.13. The van der Waals surface area contributed by atoms with Crippen molar-refractivity contribution >= 4 is 0 Å². The molecule has 0 bridgehead atoms. The van der Waals surface area contributed by atoms with Crippen LogP contribution in [0.15, 0.2) is 42.7 Å². The molecule has 5 heteroatoms. The molecule has 0 spiro atoms. The lowest BCUT2D eigenvalue weighted by Gasteiger charge is -2.13. The maximum absolute atomic E-state index is 9.80. The first-order valence-electron chi connectivity index (χ1n) is 5.85. The van der Waals surface area contributed by atoms with Gasteiger partial charge in [0.05, 0.1) is 6.54 Å². The molecule has 1 unspecified atom stereocenters. The molecule has 0 aliphatic heterocycles. The molecule has 1 atom stereocenters. The van der Waals surface area contributed by atoms with E-state index in [4.69, 9.17) is 10.5 Å². The highest BCUT2D eigenvalue weighted by Gasteiger charge is 2.06. The number of rotatable bonds is 6. The third-order valence-corrected chi connectivity index (χ3v) is 2.53. The largest absolute Gasteiger partial charge is 0.491 e. The van der Waals surface area contributed by atoms with Gasteiger partial charge in [-0.1, -0.05) is 12.1 Å². The van der Waals surface area contributed by atoms with Crippen LogP contribution in [0.3, 0.4) is 0 Å². The number of ether oxygens (including phenoxy) is 1. The van der Waals surface area contributed by atoms with Crippen molar-refractivity contribution in [3.05, 3.63) is 48.3 Å². The summed E-state index contributed by atoms with van der Waals surface area (Å²) in [5.41, 5.74) is 6.56. The fourth-order valence-electron chi connectivity index (χ4n) is 1.63. The molecule has 18 heavy (non-hydrogen) atoms. The van der Waals surface area contributed by atoms with Gasteiger partial charge in [0, 0.05) is 18.9 Å². The van der Waals surface area contributed by atoms with Crippen LogP contribution in [0.4, 0.5) is 0 Å². The van der Waals surface area contributed by atoms with E-state index in [0.717, 1.165) is 11.3 Å². The SMILES string of the molecule is NCc1cccc(OCC(O)Cn2cccn2)c1. The van der Waals surface area contributed by atoms with Crippen molar-refractivity contribution in [2.75, 3.05) is 6.61 Å². The van der Waals surface area contributed by atoms with Crippen LogP contribution in [0, 0.1) is 0 Å². The second-order valence-corrected chi connectivity index (χ2v) is 4.04. The molecule has 0 aliphatic carbocycles. The fraction of sp³-hybridized carbons (Fsp3) is 0.308. The normalized spacial score (nSPS) is 12.3. The van der Waals surface area contributed by atoms with E-state index in [1.807, 2.05) is 30.3 Å². The van der Waals surface area contributed by atoms with Gasteiger partial charge >= 0.3 is 0 Å². The maximum Gasteiger partial charge on any atom is 0.119 e. The molecular formula is C13H17N3O2. The van der Waals surface area contributed by atoms with Gasteiger partial charge in [0.1, 0.15) is 18.5 Å². The van der Waals surface area contributed by atoms with E-state index >= 15 is 0 Å². The lowest BCUT2D eigenvalue weighted by molar-refractivity contribution is 0.0893. The summed E-state index contributed by atoms with van der Waals surface area (Å²) in [5, 5.41) is 13.8. The van der Waals surface area contributed by atoms with E-state index in [2.05, 4.69) is 5.10 Å². The van der Waals surface area contributed by atoms with Gasteiger partial charge in [-0.05, 0) is 23.8 Å². The minimum absolute atomic E-state index is 0.230. The van der Waals surface area contributed by atoms with Crippen LogP contribution >= 0.6 is 0 Å². The Balaban J connectivity index is 1.83. The Labute approximate surface area is 106 Å². The number of nitrogens with zero attached hydrogens (tertiary/aromatic N) is 2. The smallest absolute Gasteiger partial charge is 0.119 e. The summed E-state index contributed by atoms with van der Waals surface area (Å²) in [5.74, 6) is 0.720. The Morgan fingerprint density at radius 1 is 1.39 bits per heavy atom. The lowest BCUT2D eigenvalue weighted by atomic mass is 10.2. The van der Waals surface area contributed by atoms with Crippen LogP contribution in [0.2, 0.25) is 0 Å². The number of aromatic nitrogens is 2. The molecule has 0 saturated heterocycles. The van der Waals surface area contributed by atoms with Gasteiger partial charge in [-0.15, -0.1) is 0 Å². The zero-order valence-corrected chi connectivity index (χ0v) is 10.1. The van der Waals surface area contributed by atoms with Crippen molar-refractivity contribution in [3.63, 3.8) is 0 Å². The number of benzene rings is 1. The van der Waals surface area contributed by atoms with E-state index in [1.54, 1.807) is 17.1 Å². The molecule has 1 aromatic heterocycles. The topological polar surface area (TPSA) is 73.3 Å². The summed E-state index contributed by atoms with van der Waals surface area (Å²) in [7, 11) is 0. The van der Waals surface area contributed by atoms with Crippen LogP contribution in [0.1, 0.15) is 5.56 Å². The Morgan fingerprint density at radius 2 is 2.28 bits per heavy atom. The van der Waals surface area contributed by atoms with Crippen LogP contribution in [0.25, 0.3) is 0 Å². The van der Waals surface area contributed by atoms with E-state index in [1.165, 1.54) is 0 Å². The first kappa shape index (κ1) is 12.6. The van der Waals surface area contributed by atoms with Crippen molar-refractivity contribution in [1.29, 1.82) is 0 Å². The van der Waals surface area contributed by atoms with Crippen LogP contribution in [-0.2, 0) is 13.1 Å². The number of hydrogen-bond donors (Lipinski definition) is 2. The number of aliphatic hydroxyl groups excluding tert-OH is 1. The summed E-state index contributed by atoms with van der Waals surface area (Å²) in [6.45, 7) is 1.13. The first-order chi connectivity index (χ1) is 8.78. The van der Waals surface area contributed by atoms with E-state index in [0.29, 0.717) is 13.1 Å². The molecule has 3 N–H and O–H groups in total. The molecular weight excluding hydrogens is 230 g/mol. The molecule has 5 nitrogen and oxygen atoms in total. The molecule has 1 heterocycles. The highest BCUT2D eigenvalue weighted by molar-refractivity contribution is 5.28. The van der Waals surface area contributed by atoms with Gasteiger partial charge in [-0.3, -0.25) is 4.68 Å². The van der Waals surface area contributed by atoms with E-state index in [9.17, 15) is 5.11 Å². The predicted molar refractivity (Wildman–Crippen MR) is 68.1 cm³/mol. The number of aliphatic hydroxyl groups is 1. The molecule has 2 aromatic rings. The molecule has 0 saturated carbocycles. The average molecular weight is 247 g/mol. The quantitative estimate of drug-likeness (QED) is 0.791. The monoisotopic (exact) mass is 247 g/mol. The third kappa shape index (κ3) is 3.58. The minimum atomic E-state index is -0.591. The van der Waals surface area contributed by atoms with Crippen molar-refractivity contribution in [3.8, 4) is 5.75 Å². The zero-order valence-electron chi connectivity index (χ0n) is 10.1. The summed E-state index contributed by atoms with van der Waals surface area (Å²) in [6.07, 6.45) is 2.89. The van der Waals surface area contributed by atoms with Gasteiger partial charge in [0.25, 0.3) is 0 Å². The van der Waals surface area contributed by atoms with Gasteiger partial charge in [-0.2, -0.15) is 5.10 Å². The Morgan fingerprint density at radius 3 is 3.00 bits per heavy atom. The van der Waals surface area contributed by atoms with Crippen molar-refractivity contribution in [2.24, 2.45) is 5.73 Å². The number of hydrogen-bond acceptors (Lipinski definition) is 4. The van der Waals surface area contributed by atoms with E-state index in [-0.39, 0.29) is 6.61 Å². The summed E-state index contributed by atoms with van der Waals surface area (Å²) < 4.78 is 7.18. The van der Waals surface area contributed by atoms with Crippen molar-refractivity contribution < 1.29 is 9.84 Å². The van der Waals surface area contributed by atoms with Gasteiger partial charge in [-0.25, -0.2) is 0 Å². The predicted octanol–water partition coefficient (Wildman–Crippen LogP) is 0.782. The van der Waals surface area contributed by atoms with Crippen molar-refractivity contribution in [2.45, 2.75) is 19.2 Å². The minimum Gasteiger partial charge on any atom is -0.491 e. The van der Waals surface area contributed by atoms with Crippen molar-refractivity contribution in [1.82, 2.24) is 9.78 Å². The van der Waals surface area contributed by atoms with Gasteiger partial charge in [0.2, 0.25) is 0 Å². The van der Waals surface area contributed by atoms with Gasteiger partial charge < -0.3 is 15.6 Å². The molecule has 0 amide bonds. The standard InChI is InChI=1S/C13H17N3O2/c14-8-11-3-1-4-13(7-11)18-10-12(17)9-16-6-2-5-15-16/h1-7,12,17H,8-10,14H2. The molecule has 2 rings (SSSR count). The lowest BCUT2D eigenvalue weighted by Crippen LogP contribution is -2.23. The van der Waals surface area contributed by atoms with Crippen LogP contribution in [0.5, 0.6) is 5.75 Å². The van der Waals surface area contributed by atoms with Gasteiger partial charge in [0.15, 0.2) is 0 Å². The van der Waals surface area contributed by atoms with Crippen LogP contribution in [-0.4, -0.2) is 27.6 Å². The Hall–Kier alpha value is -1.85.